The van der Waals surface area contributed by atoms with E-state index in [0.717, 1.165) is 11.3 Å². The van der Waals surface area contributed by atoms with E-state index < -0.39 is 12.3 Å². The third-order valence-electron chi connectivity index (χ3n) is 2.46. The van der Waals surface area contributed by atoms with E-state index in [1.807, 2.05) is 0 Å². The van der Waals surface area contributed by atoms with Crippen molar-refractivity contribution in [2.24, 2.45) is 0 Å². The van der Waals surface area contributed by atoms with Gasteiger partial charge in [-0.15, -0.1) is 11.3 Å². The van der Waals surface area contributed by atoms with Crippen LogP contribution in [0.5, 0.6) is 0 Å². The summed E-state index contributed by atoms with van der Waals surface area (Å²) < 4.78 is 38.3. The summed E-state index contributed by atoms with van der Waals surface area (Å²) in [7, 11) is 0. The second kappa shape index (κ2) is 5.32. The van der Waals surface area contributed by atoms with Crippen molar-refractivity contribution < 1.29 is 18.3 Å². The molecule has 1 aromatic carbocycles. The first-order chi connectivity index (χ1) is 8.79. The van der Waals surface area contributed by atoms with Gasteiger partial charge in [-0.3, -0.25) is 0 Å². The molecule has 7 heteroatoms. The van der Waals surface area contributed by atoms with E-state index in [4.69, 9.17) is 23.2 Å². The molecular weight excluding hydrogens is 320 g/mol. The first-order valence-electron chi connectivity index (χ1n) is 5.09. The Kier molecular flexibility index (Phi) is 4.11. The van der Waals surface area contributed by atoms with Crippen LogP contribution in [0.25, 0.3) is 10.4 Å². The van der Waals surface area contributed by atoms with Crippen LogP contribution in [0.15, 0.2) is 30.3 Å². The Morgan fingerprint density at radius 2 is 1.79 bits per heavy atom. The largest absolute Gasteiger partial charge is 0.418 e. The van der Waals surface area contributed by atoms with Crippen molar-refractivity contribution in [1.82, 2.24) is 0 Å². The zero-order valence-corrected chi connectivity index (χ0v) is 11.5. The van der Waals surface area contributed by atoms with Crippen molar-refractivity contribution in [1.29, 1.82) is 0 Å². The number of rotatable bonds is 2. The molecule has 0 saturated heterocycles. The Bertz CT molecular complexity index is 595. The molecule has 2 aromatic rings. The fourth-order valence-corrected chi connectivity index (χ4v) is 2.87. The summed E-state index contributed by atoms with van der Waals surface area (Å²) in [5, 5.41) is 9.69. The summed E-state index contributed by atoms with van der Waals surface area (Å²) in [6, 6.07) is 7.03. The van der Waals surface area contributed by atoms with E-state index >= 15 is 0 Å². The van der Waals surface area contributed by atoms with E-state index in [2.05, 4.69) is 0 Å². The summed E-state index contributed by atoms with van der Waals surface area (Å²) in [5.74, 6) is 0. The number of hydrogen-bond donors (Lipinski definition) is 1. The SMILES string of the molecule is O[C@H](c1ccc(Cl)cc1-c1ccc(Cl)s1)C(F)(F)F. The van der Waals surface area contributed by atoms with Gasteiger partial charge >= 0.3 is 6.18 Å². The highest BCUT2D eigenvalue weighted by Crippen LogP contribution is 2.41. The number of halogens is 5. The van der Waals surface area contributed by atoms with Gasteiger partial charge in [0.25, 0.3) is 0 Å². The fourth-order valence-electron chi connectivity index (χ4n) is 1.62. The van der Waals surface area contributed by atoms with Crippen LogP contribution in [0, 0.1) is 0 Å². The highest BCUT2D eigenvalue weighted by atomic mass is 35.5. The molecule has 0 aliphatic heterocycles. The molecule has 0 aliphatic rings. The van der Waals surface area contributed by atoms with Crippen molar-refractivity contribution >= 4 is 34.5 Å². The minimum Gasteiger partial charge on any atom is -0.379 e. The van der Waals surface area contributed by atoms with Crippen LogP contribution in [0.2, 0.25) is 9.36 Å². The molecule has 0 radical (unpaired) electrons. The Balaban J connectivity index is 2.56. The number of aliphatic hydroxyl groups excluding tert-OH is 1. The maximum atomic E-state index is 12.6. The third-order valence-corrected chi connectivity index (χ3v) is 3.96. The molecule has 0 amide bonds. The van der Waals surface area contributed by atoms with E-state index in [1.165, 1.54) is 18.2 Å². The number of hydrogen-bond acceptors (Lipinski definition) is 2. The number of benzene rings is 1. The van der Waals surface area contributed by atoms with Gasteiger partial charge in [0.05, 0.1) is 4.34 Å². The Hall–Kier alpha value is -0.750. The second-order valence-electron chi connectivity index (χ2n) is 3.78. The molecule has 1 heterocycles. The average molecular weight is 327 g/mol. The minimum absolute atomic E-state index is 0.231. The summed E-state index contributed by atoms with van der Waals surface area (Å²) in [5.41, 5.74) is -0.00959. The lowest BCUT2D eigenvalue weighted by Crippen LogP contribution is -2.20. The van der Waals surface area contributed by atoms with Crippen LogP contribution < -0.4 is 0 Å². The molecule has 1 atom stereocenters. The predicted molar refractivity (Wildman–Crippen MR) is 70.8 cm³/mol. The number of alkyl halides is 3. The zero-order chi connectivity index (χ0) is 14.2. The molecular formula is C12H7Cl2F3OS. The molecule has 0 aliphatic carbocycles. The van der Waals surface area contributed by atoms with Gasteiger partial charge in [-0.1, -0.05) is 29.3 Å². The molecule has 19 heavy (non-hydrogen) atoms. The van der Waals surface area contributed by atoms with Gasteiger partial charge in [0, 0.05) is 9.90 Å². The normalized spacial score (nSPS) is 13.6. The Morgan fingerprint density at radius 3 is 2.32 bits per heavy atom. The first-order valence-corrected chi connectivity index (χ1v) is 6.66. The number of aliphatic hydroxyl groups is 1. The van der Waals surface area contributed by atoms with Gasteiger partial charge in [0.15, 0.2) is 6.10 Å². The van der Waals surface area contributed by atoms with Crippen molar-refractivity contribution in [2.45, 2.75) is 12.3 Å². The van der Waals surface area contributed by atoms with E-state index in [0.29, 0.717) is 9.21 Å². The van der Waals surface area contributed by atoms with Gasteiger partial charge in [-0.25, -0.2) is 0 Å². The Morgan fingerprint density at radius 1 is 1.11 bits per heavy atom. The maximum absolute atomic E-state index is 12.6. The molecule has 1 aromatic heterocycles. The zero-order valence-electron chi connectivity index (χ0n) is 9.21. The molecule has 0 bridgehead atoms. The summed E-state index contributed by atoms with van der Waals surface area (Å²) in [6.07, 6.45) is -7.29. The average Bonchev–Trinajstić information content (AvgIpc) is 2.73. The lowest BCUT2D eigenvalue weighted by Gasteiger charge is -2.18. The van der Waals surface area contributed by atoms with Gasteiger partial charge in [-0.05, 0) is 35.4 Å². The lowest BCUT2D eigenvalue weighted by atomic mass is 10.0. The number of thiophene rings is 1. The van der Waals surface area contributed by atoms with E-state index in [9.17, 15) is 18.3 Å². The third kappa shape index (κ3) is 3.23. The highest BCUT2D eigenvalue weighted by Gasteiger charge is 2.40. The maximum Gasteiger partial charge on any atom is 0.418 e. The standard InChI is InChI=1S/C12H7Cl2F3OS/c13-6-1-2-7(11(18)12(15,16)17)8(5-6)9-3-4-10(14)19-9/h1-5,11,18H/t11-/m1/s1. The van der Waals surface area contributed by atoms with E-state index in [-0.39, 0.29) is 16.1 Å². The minimum atomic E-state index is -4.73. The van der Waals surface area contributed by atoms with Crippen LogP contribution in [-0.2, 0) is 0 Å². The molecule has 1 N–H and O–H groups in total. The van der Waals surface area contributed by atoms with Gasteiger partial charge in [-0.2, -0.15) is 13.2 Å². The summed E-state index contributed by atoms with van der Waals surface area (Å²) >= 11 is 12.7. The molecule has 102 valence electrons. The summed E-state index contributed by atoms with van der Waals surface area (Å²) in [6.45, 7) is 0. The first kappa shape index (κ1) is 14.7. The lowest BCUT2D eigenvalue weighted by molar-refractivity contribution is -0.206. The van der Waals surface area contributed by atoms with Gasteiger partial charge < -0.3 is 5.11 Å². The van der Waals surface area contributed by atoms with Crippen LogP contribution in [0.3, 0.4) is 0 Å². The molecule has 0 fully saturated rings. The van der Waals surface area contributed by atoms with E-state index in [1.54, 1.807) is 12.1 Å². The second-order valence-corrected chi connectivity index (χ2v) is 5.93. The van der Waals surface area contributed by atoms with Crippen LogP contribution in [0.4, 0.5) is 13.2 Å². The fraction of sp³-hybridized carbons (Fsp3) is 0.167. The van der Waals surface area contributed by atoms with Crippen LogP contribution in [-0.4, -0.2) is 11.3 Å². The van der Waals surface area contributed by atoms with Crippen molar-refractivity contribution in [3.63, 3.8) is 0 Å². The highest BCUT2D eigenvalue weighted by molar-refractivity contribution is 7.19. The predicted octanol–water partition coefficient (Wildman–Crippen LogP) is 5.32. The molecule has 0 spiro atoms. The van der Waals surface area contributed by atoms with Crippen molar-refractivity contribution in [3.8, 4) is 10.4 Å². The van der Waals surface area contributed by atoms with Crippen molar-refractivity contribution in [3.05, 3.63) is 45.3 Å². The van der Waals surface area contributed by atoms with Gasteiger partial charge in [0.1, 0.15) is 0 Å². The smallest absolute Gasteiger partial charge is 0.379 e. The molecule has 2 rings (SSSR count). The molecule has 1 nitrogen and oxygen atoms in total. The topological polar surface area (TPSA) is 20.2 Å². The Labute approximate surface area is 121 Å². The van der Waals surface area contributed by atoms with Crippen LogP contribution in [0.1, 0.15) is 11.7 Å². The van der Waals surface area contributed by atoms with Crippen molar-refractivity contribution in [2.75, 3.05) is 0 Å². The molecule has 0 unspecified atom stereocenters. The summed E-state index contributed by atoms with van der Waals surface area (Å²) in [4.78, 5) is 0.519. The molecule has 0 saturated carbocycles. The monoisotopic (exact) mass is 326 g/mol. The quantitative estimate of drug-likeness (QED) is 0.792. The van der Waals surface area contributed by atoms with Crippen LogP contribution >= 0.6 is 34.5 Å². The van der Waals surface area contributed by atoms with Gasteiger partial charge in [0.2, 0.25) is 0 Å².